The molecule has 2 rings (SSSR count). The van der Waals surface area contributed by atoms with Crippen LogP contribution in [0.2, 0.25) is 0 Å². The average Bonchev–Trinajstić information content (AvgIpc) is 2.65. The number of rotatable bonds is 3. The first kappa shape index (κ1) is 11.5. The Morgan fingerprint density at radius 2 is 1.88 bits per heavy atom. The van der Waals surface area contributed by atoms with E-state index in [1.807, 2.05) is 0 Å². The summed E-state index contributed by atoms with van der Waals surface area (Å²) in [6.45, 7) is 0. The molecule has 0 amide bonds. The van der Waals surface area contributed by atoms with E-state index in [0.29, 0.717) is 12.0 Å². The molecular weight excluding hydrogens is 196 g/mol. The molecule has 2 nitrogen and oxygen atoms in total. The molecule has 1 saturated carbocycles. The Morgan fingerprint density at radius 1 is 1.19 bits per heavy atom. The molecule has 0 aromatic heterocycles. The molecule has 2 atom stereocenters. The lowest BCUT2D eigenvalue weighted by molar-refractivity contribution is 0.479. The van der Waals surface area contributed by atoms with Gasteiger partial charge in [-0.15, -0.1) is 0 Å². The summed E-state index contributed by atoms with van der Waals surface area (Å²) in [5.74, 6) is 0.699. The molecule has 1 aliphatic carbocycles. The molecular formula is C14H22N2. The number of hydrogen-bond acceptors (Lipinski definition) is 2. The van der Waals surface area contributed by atoms with Crippen LogP contribution in [0.3, 0.4) is 0 Å². The van der Waals surface area contributed by atoms with Gasteiger partial charge in [-0.05, 0) is 42.9 Å². The highest BCUT2D eigenvalue weighted by atomic mass is 15.1. The summed E-state index contributed by atoms with van der Waals surface area (Å²) in [7, 11) is 4.14. The highest BCUT2D eigenvalue weighted by Crippen LogP contribution is 2.27. The number of hydrogen-bond donors (Lipinski definition) is 1. The molecule has 0 heterocycles. The maximum Gasteiger partial charge on any atom is 0.0361 e. The van der Waals surface area contributed by atoms with Crippen LogP contribution >= 0.6 is 0 Å². The quantitative estimate of drug-likeness (QED) is 0.844. The van der Waals surface area contributed by atoms with Gasteiger partial charge in [0.05, 0.1) is 0 Å². The fourth-order valence-corrected chi connectivity index (χ4v) is 2.55. The van der Waals surface area contributed by atoms with Gasteiger partial charge in [0.1, 0.15) is 0 Å². The highest BCUT2D eigenvalue weighted by Gasteiger charge is 2.23. The lowest BCUT2D eigenvalue weighted by Crippen LogP contribution is -2.25. The van der Waals surface area contributed by atoms with Gasteiger partial charge < -0.3 is 10.6 Å². The van der Waals surface area contributed by atoms with Crippen LogP contribution in [-0.4, -0.2) is 20.1 Å². The molecule has 0 radical (unpaired) electrons. The second-order valence-corrected chi connectivity index (χ2v) is 5.12. The van der Waals surface area contributed by atoms with Gasteiger partial charge in [0.2, 0.25) is 0 Å². The minimum atomic E-state index is 0.425. The van der Waals surface area contributed by atoms with Crippen LogP contribution in [0.1, 0.15) is 24.8 Å². The van der Waals surface area contributed by atoms with Crippen LogP contribution in [0.4, 0.5) is 5.69 Å². The van der Waals surface area contributed by atoms with E-state index < -0.39 is 0 Å². The van der Waals surface area contributed by atoms with E-state index in [9.17, 15) is 0 Å². The molecule has 88 valence electrons. The topological polar surface area (TPSA) is 29.3 Å². The molecule has 1 aromatic carbocycles. The van der Waals surface area contributed by atoms with Gasteiger partial charge in [0.25, 0.3) is 0 Å². The van der Waals surface area contributed by atoms with Gasteiger partial charge in [-0.1, -0.05) is 18.6 Å². The van der Waals surface area contributed by atoms with Gasteiger partial charge in [-0.2, -0.15) is 0 Å². The Labute approximate surface area is 98.4 Å². The smallest absolute Gasteiger partial charge is 0.0361 e. The maximum absolute atomic E-state index is 6.10. The second kappa shape index (κ2) is 4.88. The SMILES string of the molecule is CN(C)c1ccc(CC2CCCC2N)cc1. The molecule has 0 spiro atoms. The lowest BCUT2D eigenvalue weighted by atomic mass is 9.95. The van der Waals surface area contributed by atoms with E-state index in [1.165, 1.54) is 30.5 Å². The lowest BCUT2D eigenvalue weighted by Gasteiger charge is -2.16. The summed E-state index contributed by atoms with van der Waals surface area (Å²) in [4.78, 5) is 2.13. The molecule has 2 unspecified atom stereocenters. The third-order valence-electron chi connectivity index (χ3n) is 3.67. The van der Waals surface area contributed by atoms with Crippen LogP contribution in [0.25, 0.3) is 0 Å². The third-order valence-corrected chi connectivity index (χ3v) is 3.67. The van der Waals surface area contributed by atoms with E-state index in [4.69, 9.17) is 5.73 Å². The Kier molecular flexibility index (Phi) is 3.49. The van der Waals surface area contributed by atoms with E-state index in [-0.39, 0.29) is 0 Å². The Balaban J connectivity index is 1.99. The first-order chi connectivity index (χ1) is 7.66. The standard InChI is InChI=1S/C14H22N2/c1-16(2)13-8-6-11(7-9-13)10-12-4-3-5-14(12)15/h6-9,12,14H,3-5,10,15H2,1-2H3. The zero-order valence-corrected chi connectivity index (χ0v) is 10.3. The van der Waals surface area contributed by atoms with Crippen molar-refractivity contribution < 1.29 is 0 Å². The van der Waals surface area contributed by atoms with E-state index in [2.05, 4.69) is 43.3 Å². The molecule has 1 aromatic rings. The van der Waals surface area contributed by atoms with Crippen molar-refractivity contribution in [3.63, 3.8) is 0 Å². The van der Waals surface area contributed by atoms with Crippen LogP contribution in [-0.2, 0) is 6.42 Å². The van der Waals surface area contributed by atoms with Crippen LogP contribution in [0, 0.1) is 5.92 Å². The molecule has 2 heteroatoms. The maximum atomic E-state index is 6.10. The van der Waals surface area contributed by atoms with Crippen molar-refractivity contribution in [3.8, 4) is 0 Å². The predicted molar refractivity (Wildman–Crippen MR) is 69.8 cm³/mol. The van der Waals surface area contributed by atoms with Crippen molar-refractivity contribution in [1.29, 1.82) is 0 Å². The number of benzene rings is 1. The fourth-order valence-electron chi connectivity index (χ4n) is 2.55. The monoisotopic (exact) mass is 218 g/mol. The third kappa shape index (κ3) is 2.56. The minimum absolute atomic E-state index is 0.425. The van der Waals surface area contributed by atoms with Gasteiger partial charge in [0.15, 0.2) is 0 Å². The minimum Gasteiger partial charge on any atom is -0.378 e. The summed E-state index contributed by atoms with van der Waals surface area (Å²) >= 11 is 0. The summed E-state index contributed by atoms with van der Waals surface area (Å²) in [6, 6.07) is 9.28. The normalized spacial score (nSPS) is 24.7. The molecule has 2 N–H and O–H groups in total. The van der Waals surface area contributed by atoms with Crippen molar-refractivity contribution >= 4 is 5.69 Å². The van der Waals surface area contributed by atoms with Crippen LogP contribution in [0.15, 0.2) is 24.3 Å². The van der Waals surface area contributed by atoms with E-state index in [0.717, 1.165) is 6.42 Å². The van der Waals surface area contributed by atoms with Gasteiger partial charge >= 0.3 is 0 Å². The molecule has 0 saturated heterocycles. The number of nitrogens with zero attached hydrogens (tertiary/aromatic N) is 1. The second-order valence-electron chi connectivity index (χ2n) is 5.12. The van der Waals surface area contributed by atoms with Crippen molar-refractivity contribution in [3.05, 3.63) is 29.8 Å². The van der Waals surface area contributed by atoms with E-state index >= 15 is 0 Å². The summed E-state index contributed by atoms with van der Waals surface area (Å²) in [5.41, 5.74) is 8.78. The molecule has 16 heavy (non-hydrogen) atoms. The average molecular weight is 218 g/mol. The molecule has 1 fully saturated rings. The van der Waals surface area contributed by atoms with Crippen molar-refractivity contribution in [1.82, 2.24) is 0 Å². The largest absolute Gasteiger partial charge is 0.378 e. The van der Waals surface area contributed by atoms with Crippen molar-refractivity contribution in [2.24, 2.45) is 11.7 Å². The number of anilines is 1. The van der Waals surface area contributed by atoms with Gasteiger partial charge in [-0.3, -0.25) is 0 Å². The van der Waals surface area contributed by atoms with Crippen LogP contribution in [0.5, 0.6) is 0 Å². The molecule has 0 bridgehead atoms. The van der Waals surface area contributed by atoms with Crippen molar-refractivity contribution in [2.75, 3.05) is 19.0 Å². The highest BCUT2D eigenvalue weighted by molar-refractivity contribution is 5.46. The Hall–Kier alpha value is -1.02. The zero-order valence-electron chi connectivity index (χ0n) is 10.3. The first-order valence-corrected chi connectivity index (χ1v) is 6.18. The van der Waals surface area contributed by atoms with Crippen molar-refractivity contribution in [2.45, 2.75) is 31.7 Å². The Bertz CT molecular complexity index is 329. The number of nitrogens with two attached hydrogens (primary N) is 1. The van der Waals surface area contributed by atoms with Gasteiger partial charge in [0, 0.05) is 25.8 Å². The predicted octanol–water partition coefficient (Wildman–Crippen LogP) is 2.42. The molecule has 0 aliphatic heterocycles. The summed E-state index contributed by atoms with van der Waals surface area (Å²) < 4.78 is 0. The Morgan fingerprint density at radius 3 is 2.38 bits per heavy atom. The summed E-state index contributed by atoms with van der Waals surface area (Å²) in [6.07, 6.45) is 4.97. The van der Waals surface area contributed by atoms with E-state index in [1.54, 1.807) is 0 Å². The zero-order chi connectivity index (χ0) is 11.5. The first-order valence-electron chi connectivity index (χ1n) is 6.18. The van der Waals surface area contributed by atoms with Crippen LogP contribution < -0.4 is 10.6 Å². The summed E-state index contributed by atoms with van der Waals surface area (Å²) in [5, 5.41) is 0. The molecule has 1 aliphatic rings. The fraction of sp³-hybridized carbons (Fsp3) is 0.571. The van der Waals surface area contributed by atoms with Gasteiger partial charge in [-0.25, -0.2) is 0 Å².